The first kappa shape index (κ1) is 15.9. The molecule has 0 bridgehead atoms. The Kier molecular flexibility index (Phi) is 3.85. The lowest BCUT2D eigenvalue weighted by atomic mass is 9.96. The van der Waals surface area contributed by atoms with Gasteiger partial charge in [0.25, 0.3) is 5.91 Å². The van der Waals surface area contributed by atoms with Gasteiger partial charge in [0.2, 0.25) is 0 Å². The summed E-state index contributed by atoms with van der Waals surface area (Å²) >= 11 is 0. The van der Waals surface area contributed by atoms with Crippen molar-refractivity contribution in [3.8, 4) is 0 Å². The first-order chi connectivity index (χ1) is 12.1. The lowest BCUT2D eigenvalue weighted by Gasteiger charge is -2.35. The van der Waals surface area contributed by atoms with E-state index in [1.54, 1.807) is 4.90 Å². The molecule has 1 atom stereocenters. The number of hydrogen-bond donors (Lipinski definition) is 2. The van der Waals surface area contributed by atoms with Crippen molar-refractivity contribution >= 4 is 16.8 Å². The normalized spacial score (nSPS) is 16.9. The third-order valence-corrected chi connectivity index (χ3v) is 5.34. The van der Waals surface area contributed by atoms with Crippen LogP contribution < -0.4 is 0 Å². The molecule has 4 nitrogen and oxygen atoms in total. The molecule has 1 aliphatic heterocycles. The van der Waals surface area contributed by atoms with E-state index in [-0.39, 0.29) is 18.6 Å². The zero-order valence-electron chi connectivity index (χ0n) is 14.5. The van der Waals surface area contributed by atoms with Crippen molar-refractivity contribution in [3.05, 3.63) is 70.4 Å². The van der Waals surface area contributed by atoms with Gasteiger partial charge in [0.05, 0.1) is 19.2 Å². The fraction of sp³-hybridized carbons (Fsp3) is 0.286. The minimum absolute atomic E-state index is 0.0218. The Hall–Kier alpha value is -2.59. The molecule has 1 aliphatic rings. The Labute approximate surface area is 147 Å². The van der Waals surface area contributed by atoms with Crippen LogP contribution in [0.2, 0.25) is 0 Å². The zero-order chi connectivity index (χ0) is 17.6. The number of H-pyrrole nitrogens is 1. The third kappa shape index (κ3) is 2.63. The number of amides is 1. The Balaban J connectivity index is 1.72. The number of aliphatic hydroxyl groups is 1. The van der Waals surface area contributed by atoms with Gasteiger partial charge in [-0.3, -0.25) is 4.79 Å². The van der Waals surface area contributed by atoms with E-state index in [9.17, 15) is 9.90 Å². The van der Waals surface area contributed by atoms with Crippen LogP contribution in [0.5, 0.6) is 0 Å². The van der Waals surface area contributed by atoms with Gasteiger partial charge in [0.1, 0.15) is 0 Å². The van der Waals surface area contributed by atoms with Crippen LogP contribution in [0, 0.1) is 13.8 Å². The lowest BCUT2D eigenvalue weighted by molar-refractivity contribution is 0.0541. The van der Waals surface area contributed by atoms with Crippen molar-refractivity contribution in [1.29, 1.82) is 0 Å². The second-order valence-electron chi connectivity index (χ2n) is 6.90. The molecular formula is C21H22N2O2. The summed E-state index contributed by atoms with van der Waals surface area (Å²) in [6, 6.07) is 13.8. The predicted molar refractivity (Wildman–Crippen MR) is 98.7 cm³/mol. The van der Waals surface area contributed by atoms with Crippen LogP contribution in [0.15, 0.2) is 42.5 Å². The number of aryl methyl sites for hydroxylation is 2. The summed E-state index contributed by atoms with van der Waals surface area (Å²) in [7, 11) is 0. The third-order valence-electron chi connectivity index (χ3n) is 5.34. The second-order valence-corrected chi connectivity index (χ2v) is 6.90. The van der Waals surface area contributed by atoms with Crippen LogP contribution in [0.25, 0.3) is 10.9 Å². The van der Waals surface area contributed by atoms with Gasteiger partial charge >= 0.3 is 0 Å². The molecule has 4 heteroatoms. The molecule has 1 amide bonds. The second kappa shape index (κ2) is 6.05. The number of nitrogens with zero attached hydrogens (tertiary/aromatic N) is 1. The molecule has 0 aliphatic carbocycles. The SMILES string of the molecule is Cc1ccc(C(=O)N2Cc3[nH]c4ccccc4c3CC2CO)cc1C. The van der Waals surface area contributed by atoms with Crippen LogP contribution in [0.1, 0.15) is 32.7 Å². The van der Waals surface area contributed by atoms with Gasteiger partial charge in [-0.15, -0.1) is 0 Å². The highest BCUT2D eigenvalue weighted by Crippen LogP contribution is 2.31. The van der Waals surface area contributed by atoms with Crippen molar-refractivity contribution in [1.82, 2.24) is 9.88 Å². The Morgan fingerprint density at radius 2 is 2.00 bits per heavy atom. The van der Waals surface area contributed by atoms with Crippen molar-refractivity contribution in [3.63, 3.8) is 0 Å². The van der Waals surface area contributed by atoms with Gasteiger partial charge in [-0.2, -0.15) is 0 Å². The topological polar surface area (TPSA) is 56.3 Å². The van der Waals surface area contributed by atoms with Gasteiger partial charge in [-0.05, 0) is 55.2 Å². The van der Waals surface area contributed by atoms with Crippen molar-refractivity contribution < 1.29 is 9.90 Å². The van der Waals surface area contributed by atoms with Crippen LogP contribution in [-0.4, -0.2) is 33.5 Å². The minimum Gasteiger partial charge on any atom is -0.394 e. The predicted octanol–water partition coefficient (Wildman–Crippen LogP) is 3.34. The van der Waals surface area contributed by atoms with Crippen LogP contribution in [0.4, 0.5) is 0 Å². The molecule has 0 saturated heterocycles. The highest BCUT2D eigenvalue weighted by molar-refractivity contribution is 5.95. The minimum atomic E-state index is -0.194. The van der Waals surface area contributed by atoms with Gasteiger partial charge in [0.15, 0.2) is 0 Å². The number of aromatic amines is 1. The molecule has 25 heavy (non-hydrogen) atoms. The smallest absolute Gasteiger partial charge is 0.254 e. The average Bonchev–Trinajstić information content (AvgIpc) is 2.99. The molecule has 0 radical (unpaired) electrons. The van der Waals surface area contributed by atoms with Gasteiger partial charge in [-0.25, -0.2) is 0 Å². The van der Waals surface area contributed by atoms with E-state index in [0.717, 1.165) is 16.8 Å². The summed E-state index contributed by atoms with van der Waals surface area (Å²) in [5.41, 5.74) is 6.34. The molecular weight excluding hydrogens is 312 g/mol. The van der Waals surface area contributed by atoms with Crippen molar-refractivity contribution in [2.45, 2.75) is 32.9 Å². The number of benzene rings is 2. The molecule has 2 N–H and O–H groups in total. The first-order valence-electron chi connectivity index (χ1n) is 8.66. The van der Waals surface area contributed by atoms with Crippen molar-refractivity contribution in [2.75, 3.05) is 6.61 Å². The highest BCUT2D eigenvalue weighted by atomic mass is 16.3. The molecule has 4 rings (SSSR count). The summed E-state index contributed by atoms with van der Waals surface area (Å²) in [5, 5.41) is 11.1. The monoisotopic (exact) mass is 334 g/mol. The molecule has 2 aromatic carbocycles. The summed E-state index contributed by atoms with van der Waals surface area (Å²) < 4.78 is 0. The van der Waals surface area contributed by atoms with E-state index in [2.05, 4.69) is 17.1 Å². The van der Waals surface area contributed by atoms with E-state index in [1.807, 2.05) is 44.2 Å². The van der Waals surface area contributed by atoms with Gasteiger partial charge in [-0.1, -0.05) is 24.3 Å². The molecule has 3 aromatic rings. The summed E-state index contributed by atoms with van der Waals surface area (Å²) in [6.07, 6.45) is 0.673. The molecule has 1 aromatic heterocycles. The Bertz CT molecular complexity index is 958. The standard InChI is InChI=1S/C21H22N2O2/c1-13-7-8-15(9-14(13)2)21(25)23-11-20-18(10-16(23)12-24)17-5-3-4-6-19(17)22-20/h3-9,16,22,24H,10-12H2,1-2H3. The number of fused-ring (bicyclic) bond motifs is 3. The Morgan fingerprint density at radius 3 is 2.76 bits per heavy atom. The highest BCUT2D eigenvalue weighted by Gasteiger charge is 2.32. The van der Waals surface area contributed by atoms with E-state index in [1.165, 1.54) is 16.5 Å². The number of carbonyl (C=O) groups is 1. The summed E-state index contributed by atoms with van der Waals surface area (Å²) in [4.78, 5) is 18.3. The van der Waals surface area contributed by atoms with E-state index < -0.39 is 0 Å². The van der Waals surface area contributed by atoms with Gasteiger partial charge in [0, 0.05) is 22.2 Å². The van der Waals surface area contributed by atoms with E-state index >= 15 is 0 Å². The maximum Gasteiger partial charge on any atom is 0.254 e. The van der Waals surface area contributed by atoms with Crippen LogP contribution >= 0.6 is 0 Å². The number of rotatable bonds is 2. The molecule has 0 saturated carbocycles. The lowest BCUT2D eigenvalue weighted by Crippen LogP contribution is -2.46. The number of carbonyl (C=O) groups excluding carboxylic acids is 1. The van der Waals surface area contributed by atoms with Crippen molar-refractivity contribution in [2.24, 2.45) is 0 Å². The fourth-order valence-corrected chi connectivity index (χ4v) is 3.71. The summed E-state index contributed by atoms with van der Waals surface area (Å²) in [6.45, 7) is 4.52. The number of aliphatic hydroxyl groups excluding tert-OH is 1. The maximum atomic E-state index is 13.1. The molecule has 0 fully saturated rings. The number of para-hydroxylation sites is 1. The number of nitrogens with one attached hydrogen (secondary N) is 1. The van der Waals surface area contributed by atoms with E-state index in [4.69, 9.17) is 0 Å². The molecule has 2 heterocycles. The van der Waals surface area contributed by atoms with E-state index in [0.29, 0.717) is 18.5 Å². The van der Waals surface area contributed by atoms with Gasteiger partial charge < -0.3 is 15.0 Å². The van der Waals surface area contributed by atoms with Crippen LogP contribution in [0.3, 0.4) is 0 Å². The summed E-state index contributed by atoms with van der Waals surface area (Å²) in [5.74, 6) is -0.0218. The quantitative estimate of drug-likeness (QED) is 0.755. The maximum absolute atomic E-state index is 13.1. The molecule has 1 unspecified atom stereocenters. The average molecular weight is 334 g/mol. The number of hydrogen-bond acceptors (Lipinski definition) is 2. The first-order valence-corrected chi connectivity index (χ1v) is 8.66. The molecule has 0 spiro atoms. The Morgan fingerprint density at radius 1 is 1.20 bits per heavy atom. The zero-order valence-corrected chi connectivity index (χ0v) is 14.5. The van der Waals surface area contributed by atoms with Crippen LogP contribution in [-0.2, 0) is 13.0 Å². The molecule has 128 valence electrons. The fourth-order valence-electron chi connectivity index (χ4n) is 3.71. The number of aromatic nitrogens is 1. The largest absolute Gasteiger partial charge is 0.394 e.